The maximum Gasteiger partial charge on any atom is 0.227 e. The molecule has 4 rings (SSSR count). The summed E-state index contributed by atoms with van der Waals surface area (Å²) >= 11 is 0. The molecule has 174 valence electrons. The van der Waals surface area contributed by atoms with E-state index >= 15 is 0 Å². The number of aromatic nitrogens is 2. The van der Waals surface area contributed by atoms with Gasteiger partial charge in [-0.1, -0.05) is 6.07 Å². The molecule has 1 aromatic heterocycles. The number of hydrogen-bond donors (Lipinski definition) is 5. The molecular weight excluding hydrogens is 430 g/mol. The smallest absolute Gasteiger partial charge is 0.227 e. The molecule has 0 atom stereocenters. The molecule has 1 aliphatic heterocycles. The number of benzene rings is 2. The molecule has 0 unspecified atom stereocenters. The summed E-state index contributed by atoms with van der Waals surface area (Å²) in [5.41, 5.74) is 15.7. The molecule has 0 radical (unpaired) electrons. The van der Waals surface area contributed by atoms with Gasteiger partial charge in [-0.3, -0.25) is 5.41 Å². The minimum Gasteiger partial charge on any atom is -0.393 e. The van der Waals surface area contributed by atoms with Crippen LogP contribution in [0.15, 0.2) is 59.8 Å². The van der Waals surface area contributed by atoms with Crippen molar-refractivity contribution < 1.29 is 5.11 Å². The number of nitrogens with zero attached hydrogens (tertiary/aromatic N) is 5. The first-order valence-electron chi connectivity index (χ1n) is 10.8. The Morgan fingerprint density at radius 2 is 1.88 bits per heavy atom. The maximum absolute atomic E-state index is 9.74. The van der Waals surface area contributed by atoms with Crippen molar-refractivity contribution in [2.24, 2.45) is 10.8 Å². The number of piperidine rings is 1. The Kier molecular flexibility index (Phi) is 8.34. The monoisotopic (exact) mass is 457 g/mol. The number of hydrogen-bond acceptors (Lipinski definition) is 9. The van der Waals surface area contributed by atoms with E-state index < -0.39 is 0 Å². The minimum absolute atomic E-state index is 0.104. The number of aliphatic hydroxyl groups excluding tert-OH is 1. The number of nitriles is 1. The second kappa shape index (κ2) is 11.6. The molecule has 0 saturated carbocycles. The highest BCUT2D eigenvalue weighted by atomic mass is 16.3. The van der Waals surface area contributed by atoms with E-state index in [-0.39, 0.29) is 11.9 Å². The van der Waals surface area contributed by atoms with E-state index in [2.05, 4.69) is 37.1 Å². The number of nitrogens with one attached hydrogen (secondary N) is 3. The van der Waals surface area contributed by atoms with Crippen LogP contribution in [0.2, 0.25) is 0 Å². The van der Waals surface area contributed by atoms with Gasteiger partial charge in [-0.05, 0) is 62.4 Å². The van der Waals surface area contributed by atoms with Crippen LogP contribution in [0.5, 0.6) is 0 Å². The number of rotatable bonds is 5. The standard InChI is InChI=1S/C23H22N8O.CH5N/c24-14-17-13-16(3-6-21(17)31-11-8-19(32)9-12-31)20-7-10-27-23(29-20)28-18-4-1-15(2-5-18)22(25)30-26;1-2/h1-7,10,13,19,25-26,32H,8-9,11-12H2,(H,27,28,29);2H2,1H3. The fraction of sp³-hybridized carbons (Fsp3) is 0.250. The van der Waals surface area contributed by atoms with Gasteiger partial charge in [0, 0.05) is 36.1 Å². The molecule has 2 heterocycles. The predicted octanol–water partition coefficient (Wildman–Crippen LogP) is 3.65. The van der Waals surface area contributed by atoms with Crippen molar-refractivity contribution in [1.82, 2.24) is 9.97 Å². The lowest BCUT2D eigenvalue weighted by atomic mass is 10.0. The molecule has 1 fully saturated rings. The van der Waals surface area contributed by atoms with Crippen LogP contribution >= 0.6 is 0 Å². The van der Waals surface area contributed by atoms with Crippen molar-refractivity contribution in [3.8, 4) is 17.3 Å². The Morgan fingerprint density at radius 1 is 1.18 bits per heavy atom. The lowest BCUT2D eigenvalue weighted by molar-refractivity contribution is 0.145. The van der Waals surface area contributed by atoms with Gasteiger partial charge in [-0.25, -0.2) is 15.5 Å². The van der Waals surface area contributed by atoms with Gasteiger partial charge in [0.1, 0.15) is 6.07 Å². The van der Waals surface area contributed by atoms with E-state index in [4.69, 9.17) is 10.9 Å². The van der Waals surface area contributed by atoms with Crippen LogP contribution in [0.4, 0.5) is 17.3 Å². The maximum atomic E-state index is 9.74. The van der Waals surface area contributed by atoms with Gasteiger partial charge in [0.25, 0.3) is 0 Å². The summed E-state index contributed by atoms with van der Waals surface area (Å²) in [4.78, 5) is 11.0. The van der Waals surface area contributed by atoms with Crippen LogP contribution < -0.4 is 16.0 Å². The molecule has 10 nitrogen and oxygen atoms in total. The summed E-state index contributed by atoms with van der Waals surface area (Å²) in [5, 5.41) is 33.3. The van der Waals surface area contributed by atoms with E-state index in [1.807, 2.05) is 18.2 Å². The van der Waals surface area contributed by atoms with Crippen LogP contribution in [0.3, 0.4) is 0 Å². The lowest BCUT2D eigenvalue weighted by Crippen LogP contribution is -2.36. The fourth-order valence-corrected chi connectivity index (χ4v) is 3.65. The number of aliphatic hydroxyl groups is 1. The molecule has 1 aliphatic rings. The lowest BCUT2D eigenvalue weighted by Gasteiger charge is -2.32. The summed E-state index contributed by atoms with van der Waals surface area (Å²) in [5.74, 6) is 0.301. The molecule has 10 heteroatoms. The highest BCUT2D eigenvalue weighted by molar-refractivity contribution is 5.96. The van der Waals surface area contributed by atoms with Crippen molar-refractivity contribution in [3.63, 3.8) is 0 Å². The Hall–Kier alpha value is -4.20. The van der Waals surface area contributed by atoms with Crippen LogP contribution in [-0.4, -0.2) is 47.2 Å². The summed E-state index contributed by atoms with van der Waals surface area (Å²) in [6.07, 6.45) is 2.79. The Balaban J connectivity index is 0.00000158. The summed E-state index contributed by atoms with van der Waals surface area (Å²) in [7, 11) is 1.50. The predicted molar refractivity (Wildman–Crippen MR) is 131 cm³/mol. The fourth-order valence-electron chi connectivity index (χ4n) is 3.65. The van der Waals surface area contributed by atoms with E-state index in [0.29, 0.717) is 35.6 Å². The molecule has 1 saturated heterocycles. The molecular formula is C24H27N9O. The van der Waals surface area contributed by atoms with Gasteiger partial charge in [0.15, 0.2) is 5.84 Å². The summed E-state index contributed by atoms with van der Waals surface area (Å²) in [6, 6.07) is 16.7. The summed E-state index contributed by atoms with van der Waals surface area (Å²) < 4.78 is 0. The SMILES string of the molecule is CN.N#Cc1cc(-c2ccnc(Nc3ccc(C(=N)N=N)cc3)n2)ccc1N1CCC(O)CC1. The molecule has 2 aromatic carbocycles. The zero-order valence-electron chi connectivity index (χ0n) is 18.9. The first kappa shape index (κ1) is 24.4. The number of amidine groups is 1. The van der Waals surface area contributed by atoms with E-state index in [1.54, 1.807) is 36.5 Å². The van der Waals surface area contributed by atoms with Gasteiger partial charge in [0.2, 0.25) is 5.95 Å². The van der Waals surface area contributed by atoms with Crippen molar-refractivity contribution in [2.45, 2.75) is 18.9 Å². The van der Waals surface area contributed by atoms with E-state index in [9.17, 15) is 10.4 Å². The third-order valence-corrected chi connectivity index (χ3v) is 5.40. The van der Waals surface area contributed by atoms with E-state index in [0.717, 1.165) is 30.0 Å². The second-order valence-electron chi connectivity index (χ2n) is 7.49. The number of nitrogens with two attached hydrogens (primary N) is 1. The van der Waals surface area contributed by atoms with Crippen LogP contribution in [0.1, 0.15) is 24.0 Å². The molecule has 3 aromatic rings. The van der Waals surface area contributed by atoms with Crippen molar-refractivity contribution >= 4 is 23.2 Å². The van der Waals surface area contributed by atoms with Gasteiger partial charge in [-0.15, -0.1) is 5.11 Å². The molecule has 0 amide bonds. The Bertz CT molecular complexity index is 1180. The third-order valence-electron chi connectivity index (χ3n) is 5.40. The Morgan fingerprint density at radius 3 is 2.53 bits per heavy atom. The zero-order chi connectivity index (χ0) is 24.5. The second-order valence-corrected chi connectivity index (χ2v) is 7.49. The van der Waals surface area contributed by atoms with Gasteiger partial charge < -0.3 is 21.1 Å². The van der Waals surface area contributed by atoms with Crippen LogP contribution in [0, 0.1) is 22.3 Å². The highest BCUT2D eigenvalue weighted by Crippen LogP contribution is 2.29. The van der Waals surface area contributed by atoms with Crippen LogP contribution in [0.25, 0.3) is 11.3 Å². The van der Waals surface area contributed by atoms with E-state index in [1.165, 1.54) is 7.05 Å². The zero-order valence-corrected chi connectivity index (χ0v) is 18.9. The first-order chi connectivity index (χ1) is 16.6. The molecule has 0 aliphatic carbocycles. The van der Waals surface area contributed by atoms with Gasteiger partial charge in [0.05, 0.1) is 23.0 Å². The first-order valence-corrected chi connectivity index (χ1v) is 10.8. The molecule has 34 heavy (non-hydrogen) atoms. The van der Waals surface area contributed by atoms with Gasteiger partial charge in [-0.2, -0.15) is 5.26 Å². The topological polar surface area (TPSA) is 171 Å². The van der Waals surface area contributed by atoms with Crippen molar-refractivity contribution in [1.29, 1.82) is 16.2 Å². The Labute approximate surface area is 198 Å². The highest BCUT2D eigenvalue weighted by Gasteiger charge is 2.20. The van der Waals surface area contributed by atoms with Gasteiger partial charge >= 0.3 is 0 Å². The van der Waals surface area contributed by atoms with Crippen molar-refractivity contribution in [2.75, 3.05) is 30.4 Å². The number of anilines is 3. The molecule has 0 spiro atoms. The summed E-state index contributed by atoms with van der Waals surface area (Å²) in [6.45, 7) is 1.45. The largest absolute Gasteiger partial charge is 0.393 e. The average Bonchev–Trinajstić information content (AvgIpc) is 2.90. The molecule has 6 N–H and O–H groups in total. The molecule has 0 bridgehead atoms. The minimum atomic E-state index is -0.265. The van der Waals surface area contributed by atoms with Crippen LogP contribution in [-0.2, 0) is 0 Å². The quantitative estimate of drug-likeness (QED) is 0.221. The normalized spacial score (nSPS) is 13.3. The third kappa shape index (κ3) is 5.78. The van der Waals surface area contributed by atoms with Crippen molar-refractivity contribution in [3.05, 3.63) is 65.9 Å². The average molecular weight is 458 g/mol.